The molecule has 1 N–H and O–H groups in total. The molecule has 1 fully saturated rings. The van der Waals surface area contributed by atoms with Crippen LogP contribution in [0.3, 0.4) is 0 Å². The maximum atomic E-state index is 9.88. The number of aliphatic hydroxyl groups excluding tert-OH is 1. The summed E-state index contributed by atoms with van der Waals surface area (Å²) in [5.74, 6) is 1.50. The first kappa shape index (κ1) is 11.4. The number of hydrogen-bond acceptors (Lipinski definition) is 1. The summed E-state index contributed by atoms with van der Waals surface area (Å²) >= 11 is 0. The molecule has 2 aliphatic rings. The normalized spacial score (nSPS) is 36.2. The van der Waals surface area contributed by atoms with E-state index < -0.39 is 0 Å². The van der Waals surface area contributed by atoms with Gasteiger partial charge in [0, 0.05) is 5.92 Å². The molecule has 2 rings (SSSR count). The predicted molar refractivity (Wildman–Crippen MR) is 66.7 cm³/mol. The van der Waals surface area contributed by atoms with Crippen LogP contribution in [0.1, 0.15) is 33.6 Å². The second-order valence-electron chi connectivity index (χ2n) is 5.03. The maximum Gasteiger partial charge on any atom is 0.229 e. The van der Waals surface area contributed by atoms with Crippen LogP contribution in [0, 0.1) is 17.3 Å². The van der Waals surface area contributed by atoms with Crippen molar-refractivity contribution in [2.75, 3.05) is 6.54 Å². The fourth-order valence-electron chi connectivity index (χ4n) is 3.54. The molecule has 3 atom stereocenters. The first-order valence-electron chi connectivity index (χ1n) is 6.30. The lowest BCUT2D eigenvalue weighted by atomic mass is 9.87. The minimum atomic E-state index is 0.172. The smallest absolute Gasteiger partial charge is 0.229 e. The zero-order valence-corrected chi connectivity index (χ0v) is 10.5. The summed E-state index contributed by atoms with van der Waals surface area (Å²) < 4.78 is 2.15. The second-order valence-corrected chi connectivity index (χ2v) is 5.03. The van der Waals surface area contributed by atoms with E-state index in [2.05, 4.69) is 44.2 Å². The van der Waals surface area contributed by atoms with Crippen molar-refractivity contribution in [2.24, 2.45) is 17.3 Å². The highest BCUT2D eigenvalue weighted by Crippen LogP contribution is 2.64. The van der Waals surface area contributed by atoms with Crippen LogP contribution in [0.5, 0.6) is 0 Å². The summed E-state index contributed by atoms with van der Waals surface area (Å²) in [6.07, 6.45) is 6.71. The van der Waals surface area contributed by atoms with Gasteiger partial charge in [0.05, 0.1) is 5.41 Å². The fraction of sp³-hybridized carbons (Fsp3) is 0.643. The van der Waals surface area contributed by atoms with Crippen LogP contribution in [-0.2, 0) is 0 Å². The number of rotatable bonds is 4. The van der Waals surface area contributed by atoms with Crippen molar-refractivity contribution in [1.29, 1.82) is 0 Å². The van der Waals surface area contributed by atoms with Gasteiger partial charge in [-0.1, -0.05) is 26.8 Å². The highest BCUT2D eigenvalue weighted by Gasteiger charge is 2.68. The highest BCUT2D eigenvalue weighted by atomic mass is 16.3. The van der Waals surface area contributed by atoms with Gasteiger partial charge in [-0.15, -0.1) is 0 Å². The molecule has 2 heteroatoms. The monoisotopic (exact) mass is 220 g/mol. The molecule has 0 spiro atoms. The first-order chi connectivity index (χ1) is 7.59. The van der Waals surface area contributed by atoms with Gasteiger partial charge in [-0.2, -0.15) is 4.58 Å². The van der Waals surface area contributed by atoms with Gasteiger partial charge in [0.25, 0.3) is 0 Å². The Balaban J connectivity index is 2.47. The molecule has 88 valence electrons. The third kappa shape index (κ3) is 1.28. The molecule has 0 amide bonds. The number of nitrogens with zero attached hydrogens (tertiary/aromatic N) is 1. The zero-order chi connectivity index (χ0) is 11.9. The van der Waals surface area contributed by atoms with E-state index in [4.69, 9.17) is 0 Å². The lowest BCUT2D eigenvalue weighted by Crippen LogP contribution is -2.32. The summed E-state index contributed by atoms with van der Waals surface area (Å²) in [7, 11) is 0. The van der Waals surface area contributed by atoms with Crippen molar-refractivity contribution in [3.63, 3.8) is 0 Å². The molecule has 0 radical (unpaired) electrons. The highest BCUT2D eigenvalue weighted by molar-refractivity contribution is 6.02. The van der Waals surface area contributed by atoms with Gasteiger partial charge in [-0.3, -0.25) is 0 Å². The van der Waals surface area contributed by atoms with Crippen LogP contribution in [0.4, 0.5) is 0 Å². The van der Waals surface area contributed by atoms with Crippen molar-refractivity contribution in [2.45, 2.75) is 33.6 Å². The fourth-order valence-corrected chi connectivity index (χ4v) is 3.54. The minimum absolute atomic E-state index is 0.172. The van der Waals surface area contributed by atoms with Gasteiger partial charge in [0.15, 0.2) is 12.0 Å². The molecular formula is C14H22NO+. The van der Waals surface area contributed by atoms with Crippen LogP contribution < -0.4 is 0 Å². The summed E-state index contributed by atoms with van der Waals surface area (Å²) in [6, 6.07) is 0. The molecule has 1 heterocycles. The Morgan fingerprint density at radius 3 is 2.75 bits per heavy atom. The molecule has 0 bridgehead atoms. The van der Waals surface area contributed by atoms with Crippen LogP contribution in [-0.4, -0.2) is 21.9 Å². The lowest BCUT2D eigenvalue weighted by molar-refractivity contribution is -0.458. The average molecular weight is 220 g/mol. The molecule has 1 aliphatic heterocycles. The largest absolute Gasteiger partial charge is 0.503 e. The zero-order valence-electron chi connectivity index (χ0n) is 10.5. The van der Waals surface area contributed by atoms with Crippen LogP contribution in [0.2, 0.25) is 0 Å². The van der Waals surface area contributed by atoms with Crippen LogP contribution in [0.15, 0.2) is 24.6 Å². The third-order valence-corrected chi connectivity index (χ3v) is 4.32. The Labute approximate surface area is 98.0 Å². The molecule has 0 saturated heterocycles. The van der Waals surface area contributed by atoms with Crippen molar-refractivity contribution in [3.8, 4) is 0 Å². The molecule has 2 nitrogen and oxygen atoms in total. The van der Waals surface area contributed by atoms with E-state index in [0.717, 1.165) is 25.1 Å². The number of allylic oxidation sites excluding steroid dienone is 2. The molecule has 0 aromatic heterocycles. The summed E-state index contributed by atoms with van der Waals surface area (Å²) in [6.45, 7) is 11.3. The second kappa shape index (κ2) is 3.76. The average Bonchev–Trinajstić information content (AvgIpc) is 2.82. The molecule has 0 aromatic rings. The van der Waals surface area contributed by atoms with Crippen molar-refractivity contribution < 1.29 is 9.68 Å². The Bertz CT molecular complexity index is 380. The standard InChI is InChI=1S/C14H21NO/c1-5-8-14-10(3)12(14)7-9-15(6-2)13(14)11(4)16/h7,9-10,12H,4-6,8H2,1-3H3/p+1. The van der Waals surface area contributed by atoms with Gasteiger partial charge >= 0.3 is 0 Å². The Hall–Kier alpha value is -1.05. The molecule has 1 saturated carbocycles. The van der Waals surface area contributed by atoms with E-state index in [1.807, 2.05) is 0 Å². The maximum absolute atomic E-state index is 9.88. The van der Waals surface area contributed by atoms with Crippen molar-refractivity contribution in [1.82, 2.24) is 0 Å². The Morgan fingerprint density at radius 1 is 1.56 bits per heavy atom. The van der Waals surface area contributed by atoms with Gasteiger partial charge < -0.3 is 5.11 Å². The van der Waals surface area contributed by atoms with Crippen molar-refractivity contribution >= 4 is 5.71 Å². The lowest BCUT2D eigenvalue weighted by Gasteiger charge is -2.19. The predicted octanol–water partition coefficient (Wildman–Crippen LogP) is 3.11. The van der Waals surface area contributed by atoms with Crippen LogP contribution in [0.25, 0.3) is 0 Å². The van der Waals surface area contributed by atoms with E-state index >= 15 is 0 Å². The number of fused-ring (bicyclic) bond motifs is 1. The molecule has 3 unspecified atom stereocenters. The minimum Gasteiger partial charge on any atom is -0.503 e. The van der Waals surface area contributed by atoms with Gasteiger partial charge in [0.1, 0.15) is 6.54 Å². The quantitative estimate of drug-likeness (QED) is 0.571. The molecule has 0 aromatic carbocycles. The Kier molecular flexibility index (Phi) is 2.69. The van der Waals surface area contributed by atoms with E-state index in [0.29, 0.717) is 11.8 Å². The third-order valence-electron chi connectivity index (χ3n) is 4.32. The summed E-state index contributed by atoms with van der Waals surface area (Å²) in [5.41, 5.74) is 1.24. The summed E-state index contributed by atoms with van der Waals surface area (Å²) in [5, 5.41) is 9.88. The molecule has 16 heavy (non-hydrogen) atoms. The van der Waals surface area contributed by atoms with Crippen LogP contribution >= 0.6 is 0 Å². The summed E-state index contributed by atoms with van der Waals surface area (Å²) in [4.78, 5) is 0. The first-order valence-corrected chi connectivity index (χ1v) is 6.30. The van der Waals surface area contributed by atoms with Gasteiger partial charge in [-0.05, 0) is 25.3 Å². The molecule has 1 aliphatic carbocycles. The van der Waals surface area contributed by atoms with Crippen molar-refractivity contribution in [3.05, 3.63) is 24.6 Å². The molecular weight excluding hydrogens is 198 g/mol. The van der Waals surface area contributed by atoms with E-state index in [1.54, 1.807) is 0 Å². The van der Waals surface area contributed by atoms with Gasteiger partial charge in [0.2, 0.25) is 5.71 Å². The SMILES string of the molecule is C=C(O)C1=[N+](CC)C=CC2C(C)C12CCC. The number of hydrogen-bond donors (Lipinski definition) is 1. The number of aliphatic hydroxyl groups is 1. The van der Waals surface area contributed by atoms with E-state index in [1.165, 1.54) is 0 Å². The van der Waals surface area contributed by atoms with E-state index in [9.17, 15) is 5.11 Å². The van der Waals surface area contributed by atoms with E-state index in [-0.39, 0.29) is 11.2 Å². The van der Waals surface area contributed by atoms with Gasteiger partial charge in [-0.25, -0.2) is 0 Å². The topological polar surface area (TPSA) is 23.2 Å². The Morgan fingerprint density at radius 2 is 2.25 bits per heavy atom.